The number of nitro groups is 1. The van der Waals surface area contributed by atoms with Gasteiger partial charge in [-0.3, -0.25) is 15.5 Å². The first-order chi connectivity index (χ1) is 10.3. The van der Waals surface area contributed by atoms with Gasteiger partial charge in [0.25, 0.3) is 0 Å². The van der Waals surface area contributed by atoms with Gasteiger partial charge < -0.3 is 10.1 Å². The second kappa shape index (κ2) is 7.08. The lowest BCUT2D eigenvalue weighted by atomic mass is 10.1. The lowest BCUT2D eigenvalue weighted by Crippen LogP contribution is -2.27. The maximum absolute atomic E-state index is 13.4. The summed E-state index contributed by atoms with van der Waals surface area (Å²) in [5.74, 6) is 3.38. The van der Waals surface area contributed by atoms with E-state index in [1.807, 2.05) is 0 Å². The van der Waals surface area contributed by atoms with Crippen molar-refractivity contribution in [1.29, 1.82) is 0 Å². The number of carbonyl (C=O) groups is 1. The zero-order valence-corrected chi connectivity index (χ0v) is 11.3. The van der Waals surface area contributed by atoms with Gasteiger partial charge in [-0.2, -0.15) is 9.37 Å². The molecular weight excluding hydrogens is 301 g/mol. The normalized spacial score (nSPS) is 9.77. The van der Waals surface area contributed by atoms with Gasteiger partial charge in [0.1, 0.15) is 0 Å². The number of amides is 1. The molecule has 118 valence electrons. The molecule has 0 saturated carbocycles. The fourth-order valence-electron chi connectivity index (χ4n) is 1.64. The third-order valence-electron chi connectivity index (χ3n) is 2.54. The SMILES string of the molecule is CCc1[nH]c(=O)nc2cc([N+](=O)[O-])c(F)cc12.NNC(=O)O. The van der Waals surface area contributed by atoms with Gasteiger partial charge in [-0.25, -0.2) is 15.4 Å². The number of nitrogens with one attached hydrogen (secondary N) is 2. The van der Waals surface area contributed by atoms with Crippen LogP contribution in [-0.4, -0.2) is 26.1 Å². The summed E-state index contributed by atoms with van der Waals surface area (Å²) < 4.78 is 13.4. The summed E-state index contributed by atoms with van der Waals surface area (Å²) in [6, 6.07) is 1.99. The molecular formula is C11H12FN5O5. The molecule has 2 aromatic rings. The van der Waals surface area contributed by atoms with Crippen molar-refractivity contribution in [3.8, 4) is 0 Å². The Morgan fingerprint density at radius 1 is 1.59 bits per heavy atom. The molecule has 2 rings (SSSR count). The van der Waals surface area contributed by atoms with Crippen molar-refractivity contribution < 1.29 is 19.2 Å². The Kier molecular flexibility index (Phi) is 5.46. The van der Waals surface area contributed by atoms with Gasteiger partial charge in [0, 0.05) is 17.1 Å². The van der Waals surface area contributed by atoms with Crippen molar-refractivity contribution in [2.45, 2.75) is 13.3 Å². The first-order valence-corrected chi connectivity index (χ1v) is 5.86. The highest BCUT2D eigenvalue weighted by Crippen LogP contribution is 2.24. The summed E-state index contributed by atoms with van der Waals surface area (Å²) in [6.07, 6.45) is -0.740. The number of fused-ring (bicyclic) bond motifs is 1. The Morgan fingerprint density at radius 2 is 2.18 bits per heavy atom. The molecule has 0 aliphatic carbocycles. The lowest BCUT2D eigenvalue weighted by molar-refractivity contribution is -0.387. The standard InChI is InChI=1S/C10H8FN3O3.CH4N2O2/c1-2-7-5-3-6(11)9(14(16)17)4-8(5)13-10(15)12-7;2-3-1(4)5/h3-4H,2H2,1H3,(H,12,13,15);3H,2H2,(H,4,5). The Morgan fingerprint density at radius 3 is 2.64 bits per heavy atom. The molecule has 0 atom stereocenters. The van der Waals surface area contributed by atoms with Crippen molar-refractivity contribution in [3.63, 3.8) is 0 Å². The van der Waals surface area contributed by atoms with Gasteiger partial charge in [-0.1, -0.05) is 6.92 Å². The van der Waals surface area contributed by atoms with E-state index in [2.05, 4.69) is 15.8 Å². The summed E-state index contributed by atoms with van der Waals surface area (Å²) >= 11 is 0. The minimum absolute atomic E-state index is 0.124. The lowest BCUT2D eigenvalue weighted by Gasteiger charge is -2.03. The number of nitrogens with two attached hydrogens (primary N) is 1. The minimum atomic E-state index is -1.22. The number of H-pyrrole nitrogens is 1. The van der Waals surface area contributed by atoms with Crippen molar-refractivity contribution >= 4 is 22.7 Å². The van der Waals surface area contributed by atoms with E-state index in [9.17, 15) is 19.3 Å². The number of benzene rings is 1. The van der Waals surface area contributed by atoms with E-state index in [0.717, 1.165) is 12.1 Å². The molecule has 0 unspecified atom stereocenters. The third-order valence-corrected chi connectivity index (χ3v) is 2.54. The van der Waals surface area contributed by atoms with Crippen molar-refractivity contribution in [1.82, 2.24) is 15.4 Å². The van der Waals surface area contributed by atoms with E-state index in [4.69, 9.17) is 9.90 Å². The van der Waals surface area contributed by atoms with Crippen LogP contribution in [0.2, 0.25) is 0 Å². The van der Waals surface area contributed by atoms with E-state index in [1.54, 1.807) is 6.92 Å². The zero-order chi connectivity index (χ0) is 16.9. The fraction of sp³-hybridized carbons (Fsp3) is 0.182. The summed E-state index contributed by atoms with van der Waals surface area (Å²) in [5, 5.41) is 18.4. The zero-order valence-electron chi connectivity index (χ0n) is 11.3. The molecule has 1 aromatic heterocycles. The minimum Gasteiger partial charge on any atom is -0.464 e. The van der Waals surface area contributed by atoms with Crippen molar-refractivity contribution in [2.75, 3.05) is 0 Å². The van der Waals surface area contributed by atoms with Crippen LogP contribution in [0.4, 0.5) is 14.9 Å². The van der Waals surface area contributed by atoms with Gasteiger partial charge in [-0.05, 0) is 12.5 Å². The van der Waals surface area contributed by atoms with E-state index in [1.165, 1.54) is 5.43 Å². The highest BCUT2D eigenvalue weighted by Gasteiger charge is 2.17. The van der Waals surface area contributed by atoms with Crippen LogP contribution in [0.15, 0.2) is 16.9 Å². The number of rotatable bonds is 2. The summed E-state index contributed by atoms with van der Waals surface area (Å²) in [4.78, 5) is 36.1. The molecule has 0 fully saturated rings. The molecule has 22 heavy (non-hydrogen) atoms. The number of aromatic amines is 1. The van der Waals surface area contributed by atoms with E-state index >= 15 is 0 Å². The molecule has 0 bridgehead atoms. The van der Waals surface area contributed by atoms with Crippen LogP contribution in [0.5, 0.6) is 0 Å². The van der Waals surface area contributed by atoms with Crippen LogP contribution in [0.3, 0.4) is 0 Å². The maximum Gasteiger partial charge on any atom is 0.418 e. The molecule has 0 saturated heterocycles. The third kappa shape index (κ3) is 3.96. The van der Waals surface area contributed by atoms with Crippen LogP contribution >= 0.6 is 0 Å². The Bertz CT molecular complexity index is 775. The summed E-state index contributed by atoms with van der Waals surface area (Å²) in [5.41, 5.74) is 0.792. The van der Waals surface area contributed by atoms with Gasteiger partial charge >= 0.3 is 17.5 Å². The van der Waals surface area contributed by atoms with Gasteiger partial charge in [0.05, 0.1) is 10.4 Å². The molecule has 1 heterocycles. The maximum atomic E-state index is 13.4. The highest BCUT2D eigenvalue weighted by atomic mass is 19.1. The predicted molar refractivity (Wildman–Crippen MR) is 73.7 cm³/mol. The van der Waals surface area contributed by atoms with Gasteiger partial charge in [-0.15, -0.1) is 0 Å². The Hall–Kier alpha value is -3.08. The number of aryl methyl sites for hydroxylation is 1. The quantitative estimate of drug-likeness (QED) is 0.273. The molecule has 5 N–H and O–H groups in total. The van der Waals surface area contributed by atoms with Crippen molar-refractivity contribution in [2.24, 2.45) is 5.84 Å². The molecule has 11 heteroatoms. The van der Waals surface area contributed by atoms with Crippen LogP contribution in [0.1, 0.15) is 12.6 Å². The largest absolute Gasteiger partial charge is 0.464 e. The fourth-order valence-corrected chi connectivity index (χ4v) is 1.64. The first kappa shape index (κ1) is 17.0. The van der Waals surface area contributed by atoms with Gasteiger partial charge in [0.2, 0.25) is 5.82 Å². The Labute approximate surface area is 121 Å². The van der Waals surface area contributed by atoms with Crippen LogP contribution in [-0.2, 0) is 6.42 Å². The van der Waals surface area contributed by atoms with Crippen LogP contribution < -0.4 is 17.0 Å². The summed E-state index contributed by atoms with van der Waals surface area (Å²) in [7, 11) is 0. The number of carboxylic acid groups (broad SMARTS) is 1. The number of hydrogen-bond acceptors (Lipinski definition) is 6. The van der Waals surface area contributed by atoms with E-state index in [-0.39, 0.29) is 5.52 Å². The number of nitro benzene ring substituents is 1. The number of halogens is 1. The van der Waals surface area contributed by atoms with Gasteiger partial charge in [0.15, 0.2) is 0 Å². The molecule has 0 aliphatic rings. The smallest absolute Gasteiger partial charge is 0.418 e. The molecule has 1 aromatic carbocycles. The monoisotopic (exact) mass is 313 g/mol. The summed E-state index contributed by atoms with van der Waals surface area (Å²) in [6.45, 7) is 1.78. The number of aromatic nitrogens is 2. The first-order valence-electron chi connectivity index (χ1n) is 5.86. The highest BCUT2D eigenvalue weighted by molar-refractivity contribution is 5.83. The molecule has 0 radical (unpaired) electrons. The van der Waals surface area contributed by atoms with Crippen LogP contribution in [0, 0.1) is 15.9 Å². The number of hydrazine groups is 1. The molecule has 10 nitrogen and oxygen atoms in total. The van der Waals surface area contributed by atoms with Crippen molar-refractivity contribution in [3.05, 3.63) is 44.2 Å². The predicted octanol–water partition coefficient (Wildman–Crippen LogP) is 0.660. The number of hydrogen-bond donors (Lipinski definition) is 4. The molecule has 0 aliphatic heterocycles. The van der Waals surface area contributed by atoms with E-state index < -0.39 is 28.2 Å². The average molecular weight is 313 g/mol. The Balaban J connectivity index is 0.000000422. The second-order valence-corrected chi connectivity index (χ2v) is 3.90. The topological polar surface area (TPSA) is 164 Å². The average Bonchev–Trinajstić information content (AvgIpc) is 2.46. The second-order valence-electron chi connectivity index (χ2n) is 3.90. The van der Waals surface area contributed by atoms with Crippen LogP contribution in [0.25, 0.3) is 10.9 Å². The molecule has 0 spiro atoms. The number of nitrogens with zero attached hydrogens (tertiary/aromatic N) is 2. The van der Waals surface area contributed by atoms with E-state index in [0.29, 0.717) is 17.5 Å². The molecule has 1 amide bonds.